The molecule has 94 valence electrons. The first kappa shape index (κ1) is 13.0. The van der Waals surface area contributed by atoms with E-state index in [4.69, 9.17) is 5.11 Å². The summed E-state index contributed by atoms with van der Waals surface area (Å²) in [5, 5.41) is 12.6. The van der Waals surface area contributed by atoms with Crippen LogP contribution in [0.25, 0.3) is 0 Å². The Morgan fingerprint density at radius 1 is 1.59 bits per heavy atom. The van der Waals surface area contributed by atoms with Crippen LogP contribution in [0.5, 0.6) is 0 Å². The number of anilines is 1. The monoisotopic (exact) mass is 348 g/mol. The zero-order chi connectivity index (χ0) is 12.1. The molecular formula is C11H17IN4O. The van der Waals surface area contributed by atoms with Gasteiger partial charge in [0.1, 0.15) is 12.1 Å². The van der Waals surface area contributed by atoms with Crippen molar-refractivity contribution in [3.05, 3.63) is 16.1 Å². The van der Waals surface area contributed by atoms with Gasteiger partial charge in [-0.3, -0.25) is 0 Å². The molecule has 17 heavy (non-hydrogen) atoms. The fourth-order valence-electron chi connectivity index (χ4n) is 2.12. The van der Waals surface area contributed by atoms with Crippen molar-refractivity contribution in [2.24, 2.45) is 0 Å². The number of nitrogens with zero attached hydrogens (tertiary/aromatic N) is 3. The molecule has 2 heterocycles. The molecule has 1 fully saturated rings. The van der Waals surface area contributed by atoms with Gasteiger partial charge >= 0.3 is 0 Å². The summed E-state index contributed by atoms with van der Waals surface area (Å²) in [6.07, 6.45) is 5.79. The molecule has 1 unspecified atom stereocenters. The Balaban J connectivity index is 2.08. The van der Waals surface area contributed by atoms with Crippen LogP contribution >= 0.6 is 22.6 Å². The van der Waals surface area contributed by atoms with Crippen LogP contribution < -0.4 is 10.2 Å². The number of hydrogen-bond donors (Lipinski definition) is 2. The molecule has 0 aliphatic carbocycles. The predicted octanol–water partition coefficient (Wildman–Crippen LogP) is 0.632. The molecule has 2 rings (SSSR count). The van der Waals surface area contributed by atoms with Crippen molar-refractivity contribution in [1.29, 1.82) is 0 Å². The lowest BCUT2D eigenvalue weighted by Crippen LogP contribution is -2.39. The maximum absolute atomic E-state index is 9.15. The van der Waals surface area contributed by atoms with Crippen molar-refractivity contribution >= 4 is 28.4 Å². The molecule has 2 N–H and O–H groups in total. The molecule has 5 nitrogen and oxygen atoms in total. The van der Waals surface area contributed by atoms with E-state index in [0.717, 1.165) is 22.5 Å². The van der Waals surface area contributed by atoms with E-state index in [1.165, 1.54) is 12.8 Å². The smallest absolute Gasteiger partial charge is 0.145 e. The summed E-state index contributed by atoms with van der Waals surface area (Å²) in [6, 6.07) is 0.507. The standard InChI is InChI=1S/C11H17IN4O/c12-10-6-13-8-15-11(10)16(4-5-17)7-9-2-1-3-14-9/h6,8-9,14,17H,1-5,7H2. The van der Waals surface area contributed by atoms with Gasteiger partial charge in [0.25, 0.3) is 0 Å². The van der Waals surface area contributed by atoms with Gasteiger partial charge < -0.3 is 15.3 Å². The van der Waals surface area contributed by atoms with E-state index in [1.54, 1.807) is 12.5 Å². The molecule has 1 aliphatic rings. The van der Waals surface area contributed by atoms with E-state index in [0.29, 0.717) is 12.6 Å². The molecular weight excluding hydrogens is 331 g/mol. The van der Waals surface area contributed by atoms with Gasteiger partial charge in [0.2, 0.25) is 0 Å². The number of rotatable bonds is 5. The number of nitrogens with one attached hydrogen (secondary N) is 1. The quantitative estimate of drug-likeness (QED) is 0.765. The summed E-state index contributed by atoms with van der Waals surface area (Å²) in [5.74, 6) is 0.920. The van der Waals surface area contributed by atoms with Crippen LogP contribution in [0.15, 0.2) is 12.5 Å². The topological polar surface area (TPSA) is 61.3 Å². The molecule has 1 saturated heterocycles. The zero-order valence-electron chi connectivity index (χ0n) is 9.64. The average Bonchev–Trinajstić information content (AvgIpc) is 2.82. The zero-order valence-corrected chi connectivity index (χ0v) is 11.8. The van der Waals surface area contributed by atoms with Crippen LogP contribution in [0.3, 0.4) is 0 Å². The average molecular weight is 348 g/mol. The lowest BCUT2D eigenvalue weighted by molar-refractivity contribution is 0.300. The van der Waals surface area contributed by atoms with Gasteiger partial charge in [-0.25, -0.2) is 9.97 Å². The van der Waals surface area contributed by atoms with Gasteiger partial charge in [-0.1, -0.05) is 0 Å². The Morgan fingerprint density at radius 3 is 3.12 bits per heavy atom. The summed E-state index contributed by atoms with van der Waals surface area (Å²) in [6.45, 7) is 2.75. The third-order valence-electron chi connectivity index (χ3n) is 2.92. The summed E-state index contributed by atoms with van der Waals surface area (Å²) in [5.41, 5.74) is 0. The highest BCUT2D eigenvalue weighted by molar-refractivity contribution is 14.1. The fraction of sp³-hybridized carbons (Fsp3) is 0.636. The van der Waals surface area contributed by atoms with Gasteiger partial charge in [0, 0.05) is 25.3 Å². The summed E-state index contributed by atoms with van der Waals surface area (Å²) < 4.78 is 1.02. The Hall–Kier alpha value is -0.470. The highest BCUT2D eigenvalue weighted by Crippen LogP contribution is 2.19. The number of aliphatic hydroxyl groups excluding tert-OH is 1. The molecule has 0 aromatic carbocycles. The van der Waals surface area contributed by atoms with Gasteiger partial charge in [0.15, 0.2) is 0 Å². The van der Waals surface area contributed by atoms with Gasteiger partial charge in [0.05, 0.1) is 10.2 Å². The van der Waals surface area contributed by atoms with Gasteiger partial charge in [-0.05, 0) is 42.0 Å². The van der Waals surface area contributed by atoms with Gasteiger partial charge in [-0.15, -0.1) is 0 Å². The molecule has 0 saturated carbocycles. The van der Waals surface area contributed by atoms with E-state index >= 15 is 0 Å². The maximum atomic E-state index is 9.15. The van der Waals surface area contributed by atoms with Crippen LogP contribution in [0.1, 0.15) is 12.8 Å². The fourth-order valence-corrected chi connectivity index (χ4v) is 2.76. The van der Waals surface area contributed by atoms with Crippen LogP contribution in [-0.4, -0.2) is 47.4 Å². The first-order chi connectivity index (χ1) is 8.31. The third kappa shape index (κ3) is 3.49. The second kappa shape index (κ2) is 6.46. The minimum Gasteiger partial charge on any atom is -0.395 e. The van der Waals surface area contributed by atoms with Crippen molar-refractivity contribution in [2.75, 3.05) is 31.1 Å². The van der Waals surface area contributed by atoms with E-state index in [2.05, 4.69) is 42.8 Å². The van der Waals surface area contributed by atoms with E-state index in [-0.39, 0.29) is 6.61 Å². The Kier molecular flexibility index (Phi) is 4.93. The minimum atomic E-state index is 0.146. The van der Waals surface area contributed by atoms with E-state index < -0.39 is 0 Å². The Labute approximate surface area is 115 Å². The van der Waals surface area contributed by atoms with Crippen molar-refractivity contribution in [2.45, 2.75) is 18.9 Å². The lowest BCUT2D eigenvalue weighted by Gasteiger charge is -2.26. The van der Waals surface area contributed by atoms with E-state index in [9.17, 15) is 0 Å². The van der Waals surface area contributed by atoms with Crippen LogP contribution in [0, 0.1) is 3.57 Å². The molecule has 1 aliphatic heterocycles. The SMILES string of the molecule is OCCN(CC1CCCN1)c1ncncc1I. The maximum Gasteiger partial charge on any atom is 0.145 e. The second-order valence-electron chi connectivity index (χ2n) is 4.16. The van der Waals surface area contributed by atoms with Crippen molar-refractivity contribution < 1.29 is 5.11 Å². The Morgan fingerprint density at radius 2 is 2.47 bits per heavy atom. The predicted molar refractivity (Wildman–Crippen MR) is 75.1 cm³/mol. The van der Waals surface area contributed by atoms with Crippen molar-refractivity contribution in [3.8, 4) is 0 Å². The normalized spacial score (nSPS) is 19.5. The molecule has 0 radical (unpaired) electrons. The molecule has 0 amide bonds. The first-order valence-corrected chi connectivity index (χ1v) is 6.94. The summed E-state index contributed by atoms with van der Waals surface area (Å²) >= 11 is 2.23. The molecule has 1 aromatic heterocycles. The summed E-state index contributed by atoms with van der Waals surface area (Å²) in [7, 11) is 0. The number of aliphatic hydroxyl groups is 1. The molecule has 1 atom stereocenters. The van der Waals surface area contributed by atoms with Crippen molar-refractivity contribution in [1.82, 2.24) is 15.3 Å². The van der Waals surface area contributed by atoms with E-state index in [1.807, 2.05) is 0 Å². The molecule has 6 heteroatoms. The largest absolute Gasteiger partial charge is 0.395 e. The van der Waals surface area contributed by atoms with Crippen LogP contribution in [-0.2, 0) is 0 Å². The van der Waals surface area contributed by atoms with Crippen molar-refractivity contribution in [3.63, 3.8) is 0 Å². The molecule has 0 bridgehead atoms. The van der Waals surface area contributed by atoms with Crippen LogP contribution in [0.2, 0.25) is 0 Å². The third-order valence-corrected chi connectivity index (χ3v) is 3.68. The molecule has 0 spiro atoms. The summed E-state index contributed by atoms with van der Waals surface area (Å²) in [4.78, 5) is 10.4. The first-order valence-electron chi connectivity index (χ1n) is 5.86. The van der Waals surface area contributed by atoms with Gasteiger partial charge in [-0.2, -0.15) is 0 Å². The molecule has 1 aromatic rings. The Bertz CT molecular complexity index is 357. The minimum absolute atomic E-state index is 0.146. The second-order valence-corrected chi connectivity index (χ2v) is 5.32. The highest BCUT2D eigenvalue weighted by atomic mass is 127. The lowest BCUT2D eigenvalue weighted by atomic mass is 10.2. The number of hydrogen-bond acceptors (Lipinski definition) is 5. The van der Waals surface area contributed by atoms with Crippen LogP contribution in [0.4, 0.5) is 5.82 Å². The number of halogens is 1. The number of aromatic nitrogens is 2. The highest BCUT2D eigenvalue weighted by Gasteiger charge is 2.19.